The van der Waals surface area contributed by atoms with Crippen LogP contribution in [0.4, 0.5) is 0 Å². The molecule has 0 saturated carbocycles. The number of hydrogen-bond donors (Lipinski definition) is 2. The molecule has 2 atom stereocenters. The Morgan fingerprint density at radius 2 is 1.95 bits per heavy atom. The first-order valence-electron chi connectivity index (χ1n) is 7.16. The standard InChI is InChI=1S/C16H17ClN2O3/c1-9-4-14(13-5-10(17)2-3-15(13)18-9)16(22)19-7-11(20)6-12(21)8-19/h2-5,11-12,20-21H,6-8H2,1H3/t11-,12-/m1/s1. The molecule has 0 aliphatic carbocycles. The van der Waals surface area contributed by atoms with Gasteiger partial charge in [0.1, 0.15) is 0 Å². The van der Waals surface area contributed by atoms with E-state index in [1.165, 1.54) is 4.90 Å². The van der Waals surface area contributed by atoms with Crippen LogP contribution in [0.25, 0.3) is 10.9 Å². The van der Waals surface area contributed by atoms with Gasteiger partial charge in [-0.05, 0) is 31.2 Å². The molecule has 1 fully saturated rings. The quantitative estimate of drug-likeness (QED) is 0.840. The van der Waals surface area contributed by atoms with E-state index in [1.807, 2.05) is 6.92 Å². The first kappa shape index (κ1) is 15.2. The van der Waals surface area contributed by atoms with Crippen molar-refractivity contribution in [2.45, 2.75) is 25.6 Å². The van der Waals surface area contributed by atoms with E-state index in [4.69, 9.17) is 11.6 Å². The summed E-state index contributed by atoms with van der Waals surface area (Å²) < 4.78 is 0. The van der Waals surface area contributed by atoms with Crippen molar-refractivity contribution in [3.05, 3.63) is 40.5 Å². The van der Waals surface area contributed by atoms with Crippen LogP contribution in [0.2, 0.25) is 5.02 Å². The summed E-state index contributed by atoms with van der Waals surface area (Å²) >= 11 is 6.03. The number of carbonyl (C=O) groups is 1. The zero-order valence-electron chi connectivity index (χ0n) is 12.2. The van der Waals surface area contributed by atoms with Crippen LogP contribution in [0.15, 0.2) is 24.3 Å². The van der Waals surface area contributed by atoms with Gasteiger partial charge in [-0.15, -0.1) is 0 Å². The molecule has 116 valence electrons. The zero-order chi connectivity index (χ0) is 15.9. The van der Waals surface area contributed by atoms with Gasteiger partial charge in [0.05, 0.1) is 23.3 Å². The van der Waals surface area contributed by atoms with E-state index in [1.54, 1.807) is 24.3 Å². The molecule has 22 heavy (non-hydrogen) atoms. The number of aromatic nitrogens is 1. The van der Waals surface area contributed by atoms with E-state index in [0.717, 1.165) is 5.69 Å². The minimum Gasteiger partial charge on any atom is -0.391 e. The number of hydrogen-bond acceptors (Lipinski definition) is 4. The lowest BCUT2D eigenvalue weighted by atomic mass is 10.0. The largest absolute Gasteiger partial charge is 0.391 e. The van der Waals surface area contributed by atoms with E-state index < -0.39 is 12.2 Å². The Hall–Kier alpha value is -1.69. The molecular formula is C16H17ClN2O3. The van der Waals surface area contributed by atoms with Crippen LogP contribution in [0.1, 0.15) is 22.5 Å². The lowest BCUT2D eigenvalue weighted by molar-refractivity contribution is -0.00377. The minimum absolute atomic E-state index is 0.222. The van der Waals surface area contributed by atoms with Gasteiger partial charge in [-0.3, -0.25) is 9.78 Å². The third-order valence-corrected chi connectivity index (χ3v) is 4.06. The van der Waals surface area contributed by atoms with Gasteiger partial charge in [0, 0.05) is 35.6 Å². The average molecular weight is 321 g/mol. The summed E-state index contributed by atoms with van der Waals surface area (Å²) in [4.78, 5) is 18.7. The number of β-amino-alcohol motifs (C(OH)–C–C–N with tert-alkyl or cyclic N) is 2. The van der Waals surface area contributed by atoms with Crippen LogP contribution in [-0.2, 0) is 0 Å². The van der Waals surface area contributed by atoms with Gasteiger partial charge in [-0.25, -0.2) is 0 Å². The zero-order valence-corrected chi connectivity index (χ0v) is 12.9. The molecule has 3 rings (SSSR count). The molecule has 0 spiro atoms. The highest BCUT2D eigenvalue weighted by Crippen LogP contribution is 2.25. The number of aryl methyl sites for hydroxylation is 1. The summed E-state index contributed by atoms with van der Waals surface area (Å²) in [6, 6.07) is 6.95. The molecule has 2 aromatic rings. The minimum atomic E-state index is -0.703. The fourth-order valence-electron chi connectivity index (χ4n) is 2.89. The highest BCUT2D eigenvalue weighted by atomic mass is 35.5. The summed E-state index contributed by atoms with van der Waals surface area (Å²) in [5, 5.41) is 20.8. The highest BCUT2D eigenvalue weighted by molar-refractivity contribution is 6.31. The molecule has 0 radical (unpaired) electrons. The molecule has 1 saturated heterocycles. The Morgan fingerprint density at radius 1 is 1.27 bits per heavy atom. The van der Waals surface area contributed by atoms with Gasteiger partial charge < -0.3 is 15.1 Å². The molecule has 0 bridgehead atoms. The number of benzene rings is 1. The summed E-state index contributed by atoms with van der Waals surface area (Å²) in [6.45, 7) is 2.27. The number of fused-ring (bicyclic) bond motifs is 1. The van der Waals surface area contributed by atoms with Crippen LogP contribution < -0.4 is 0 Å². The first-order chi connectivity index (χ1) is 10.4. The Morgan fingerprint density at radius 3 is 2.64 bits per heavy atom. The number of likely N-dealkylation sites (tertiary alicyclic amines) is 1. The predicted octanol–water partition coefficient (Wildman–Crippen LogP) is 1.76. The van der Waals surface area contributed by atoms with Crippen LogP contribution in [0, 0.1) is 6.92 Å². The Kier molecular flexibility index (Phi) is 4.04. The maximum atomic E-state index is 12.8. The van der Waals surface area contributed by atoms with Crippen LogP contribution in [0.5, 0.6) is 0 Å². The normalized spacial score (nSPS) is 22.1. The number of nitrogens with zero attached hydrogens (tertiary/aromatic N) is 2. The van der Waals surface area contributed by atoms with E-state index in [0.29, 0.717) is 27.9 Å². The molecule has 1 aliphatic heterocycles. The van der Waals surface area contributed by atoms with E-state index in [9.17, 15) is 15.0 Å². The number of rotatable bonds is 1. The van der Waals surface area contributed by atoms with Crippen LogP contribution >= 0.6 is 11.6 Å². The van der Waals surface area contributed by atoms with Gasteiger partial charge in [0.2, 0.25) is 0 Å². The molecule has 1 aliphatic rings. The Balaban J connectivity index is 2.05. The predicted molar refractivity (Wildman–Crippen MR) is 84.0 cm³/mol. The van der Waals surface area contributed by atoms with Crippen molar-refractivity contribution >= 4 is 28.4 Å². The number of halogens is 1. The molecule has 5 nitrogen and oxygen atoms in total. The SMILES string of the molecule is Cc1cc(C(=O)N2C[C@H](O)C[C@@H](O)C2)c2cc(Cl)ccc2n1. The van der Waals surface area contributed by atoms with Crippen molar-refractivity contribution in [2.24, 2.45) is 0 Å². The van der Waals surface area contributed by atoms with E-state index >= 15 is 0 Å². The number of amides is 1. The molecule has 1 aromatic heterocycles. The number of aliphatic hydroxyl groups is 2. The fraction of sp³-hybridized carbons (Fsp3) is 0.375. The average Bonchev–Trinajstić information content (AvgIpc) is 2.45. The Bertz CT molecular complexity index is 725. The molecule has 6 heteroatoms. The van der Waals surface area contributed by atoms with Crippen LogP contribution in [-0.4, -0.2) is 51.3 Å². The monoisotopic (exact) mass is 320 g/mol. The third-order valence-electron chi connectivity index (χ3n) is 3.82. The molecule has 1 aromatic carbocycles. The summed E-state index contributed by atoms with van der Waals surface area (Å²) in [6.07, 6.45) is -1.11. The van der Waals surface area contributed by atoms with Crippen molar-refractivity contribution in [3.8, 4) is 0 Å². The third kappa shape index (κ3) is 2.92. The fourth-order valence-corrected chi connectivity index (χ4v) is 3.06. The second kappa shape index (κ2) is 5.83. The van der Waals surface area contributed by atoms with Gasteiger partial charge >= 0.3 is 0 Å². The molecule has 1 amide bonds. The maximum absolute atomic E-state index is 12.8. The number of aliphatic hydroxyl groups excluding tert-OH is 2. The Labute approximate surface area is 133 Å². The first-order valence-corrected chi connectivity index (χ1v) is 7.54. The van der Waals surface area contributed by atoms with Crippen molar-refractivity contribution in [1.82, 2.24) is 9.88 Å². The summed E-state index contributed by atoms with van der Waals surface area (Å²) in [7, 11) is 0. The second-order valence-corrected chi connectivity index (χ2v) is 6.16. The van der Waals surface area contributed by atoms with Crippen molar-refractivity contribution in [3.63, 3.8) is 0 Å². The van der Waals surface area contributed by atoms with Gasteiger partial charge in [-0.1, -0.05) is 11.6 Å². The second-order valence-electron chi connectivity index (χ2n) is 5.73. The van der Waals surface area contributed by atoms with Gasteiger partial charge in [0.15, 0.2) is 0 Å². The molecule has 2 N–H and O–H groups in total. The molecule has 0 unspecified atom stereocenters. The smallest absolute Gasteiger partial charge is 0.254 e. The highest BCUT2D eigenvalue weighted by Gasteiger charge is 2.29. The summed E-state index contributed by atoms with van der Waals surface area (Å²) in [5.41, 5.74) is 1.92. The number of piperidine rings is 1. The van der Waals surface area contributed by atoms with Crippen molar-refractivity contribution in [1.29, 1.82) is 0 Å². The lowest BCUT2D eigenvalue weighted by Gasteiger charge is -2.33. The summed E-state index contributed by atoms with van der Waals surface area (Å²) in [5.74, 6) is -0.226. The topological polar surface area (TPSA) is 73.7 Å². The number of pyridine rings is 1. The molecule has 2 heterocycles. The lowest BCUT2D eigenvalue weighted by Crippen LogP contribution is -2.48. The van der Waals surface area contributed by atoms with Crippen molar-refractivity contribution in [2.75, 3.05) is 13.1 Å². The molecular weight excluding hydrogens is 304 g/mol. The van der Waals surface area contributed by atoms with Crippen molar-refractivity contribution < 1.29 is 15.0 Å². The van der Waals surface area contributed by atoms with Crippen LogP contribution in [0.3, 0.4) is 0 Å². The maximum Gasteiger partial charge on any atom is 0.254 e. The van der Waals surface area contributed by atoms with Gasteiger partial charge in [-0.2, -0.15) is 0 Å². The number of carbonyl (C=O) groups excluding carboxylic acids is 1. The van der Waals surface area contributed by atoms with E-state index in [2.05, 4.69) is 4.98 Å². The van der Waals surface area contributed by atoms with Gasteiger partial charge in [0.25, 0.3) is 5.91 Å². The van der Waals surface area contributed by atoms with E-state index in [-0.39, 0.29) is 19.0 Å².